The van der Waals surface area contributed by atoms with Crippen LogP contribution in [0.2, 0.25) is 0 Å². The van der Waals surface area contributed by atoms with E-state index in [4.69, 9.17) is 9.47 Å². The number of fused-ring (bicyclic) bond motifs is 1. The number of nitrogens with one attached hydrogen (secondary N) is 1. The van der Waals surface area contributed by atoms with Crippen LogP contribution in [-0.4, -0.2) is 36.8 Å². The lowest BCUT2D eigenvalue weighted by Crippen LogP contribution is -2.40. The summed E-state index contributed by atoms with van der Waals surface area (Å²) in [4.78, 5) is 26.8. The van der Waals surface area contributed by atoms with Crippen molar-refractivity contribution in [2.75, 3.05) is 18.0 Å². The van der Waals surface area contributed by atoms with Crippen LogP contribution in [0.4, 0.5) is 10.5 Å². The molecule has 164 valence electrons. The van der Waals surface area contributed by atoms with Crippen LogP contribution in [0.3, 0.4) is 0 Å². The Kier molecular flexibility index (Phi) is 5.65. The van der Waals surface area contributed by atoms with Crippen LogP contribution >= 0.6 is 0 Å². The topological polar surface area (TPSA) is 67.9 Å². The maximum atomic E-state index is 12.5. The minimum Gasteiger partial charge on any atom is -0.454 e. The highest BCUT2D eigenvalue weighted by molar-refractivity contribution is 5.95. The summed E-state index contributed by atoms with van der Waals surface area (Å²) >= 11 is 0. The Morgan fingerprint density at radius 1 is 1.23 bits per heavy atom. The summed E-state index contributed by atoms with van der Waals surface area (Å²) in [5.74, 6) is -0.266. The van der Waals surface area contributed by atoms with Crippen LogP contribution in [-0.2, 0) is 15.9 Å². The first-order valence-electron chi connectivity index (χ1n) is 10.8. The van der Waals surface area contributed by atoms with Gasteiger partial charge in [0.2, 0.25) is 0 Å². The molecule has 2 atom stereocenters. The molecule has 1 fully saturated rings. The molecule has 0 saturated carbocycles. The lowest BCUT2D eigenvalue weighted by Gasteiger charge is -2.22. The van der Waals surface area contributed by atoms with E-state index in [1.54, 1.807) is 0 Å². The zero-order valence-corrected chi connectivity index (χ0v) is 18.6. The lowest BCUT2D eigenvalue weighted by atomic mass is 9.96. The van der Waals surface area contributed by atoms with Crippen molar-refractivity contribution >= 4 is 17.7 Å². The fourth-order valence-electron chi connectivity index (χ4n) is 4.23. The number of rotatable bonds is 4. The number of carbonyl (C=O) groups excluding carboxylic acids is 2. The van der Waals surface area contributed by atoms with E-state index in [0.29, 0.717) is 18.5 Å². The summed E-state index contributed by atoms with van der Waals surface area (Å²) in [5, 5.41) is 2.94. The number of ether oxygens (including phenoxy) is 2. The molecule has 6 heteroatoms. The van der Waals surface area contributed by atoms with Gasteiger partial charge in [0.1, 0.15) is 11.7 Å². The summed E-state index contributed by atoms with van der Waals surface area (Å²) in [6, 6.07) is 14.2. The third kappa shape index (κ3) is 4.84. The second-order valence-corrected chi connectivity index (χ2v) is 9.37. The molecule has 1 saturated heterocycles. The van der Waals surface area contributed by atoms with E-state index in [1.165, 1.54) is 11.1 Å². The molecule has 31 heavy (non-hydrogen) atoms. The number of carbonyl (C=O) groups is 2. The number of benzene rings is 2. The third-order valence-electron chi connectivity index (χ3n) is 5.79. The van der Waals surface area contributed by atoms with Gasteiger partial charge in [0, 0.05) is 30.8 Å². The Labute approximate surface area is 183 Å². The minimum absolute atomic E-state index is 0.0175. The van der Waals surface area contributed by atoms with Gasteiger partial charge in [0.05, 0.1) is 11.6 Å². The number of cyclic esters (lactones) is 1. The molecule has 2 aliphatic rings. The first-order chi connectivity index (χ1) is 14.7. The number of aryl methyl sites for hydroxylation is 1. The molecule has 2 aromatic rings. The zero-order chi connectivity index (χ0) is 22.2. The third-order valence-corrected chi connectivity index (χ3v) is 5.79. The first-order valence-corrected chi connectivity index (χ1v) is 10.8. The van der Waals surface area contributed by atoms with E-state index in [1.807, 2.05) is 51.1 Å². The second kappa shape index (κ2) is 8.25. The van der Waals surface area contributed by atoms with Gasteiger partial charge in [-0.05, 0) is 57.4 Å². The minimum atomic E-state index is -0.516. The number of nitrogens with zero attached hydrogens (tertiary/aromatic N) is 1. The SMILES string of the molecule is Cc1ccccc1CC1OC(=O)c2cc(N3CC[C@@H](NC(=O)OC(C)(C)C)C3)ccc21. The Bertz CT molecular complexity index is 995. The van der Waals surface area contributed by atoms with Gasteiger partial charge in [-0.25, -0.2) is 9.59 Å². The van der Waals surface area contributed by atoms with Gasteiger partial charge in [-0.3, -0.25) is 0 Å². The van der Waals surface area contributed by atoms with Gasteiger partial charge in [-0.2, -0.15) is 0 Å². The van der Waals surface area contributed by atoms with Gasteiger partial charge < -0.3 is 19.7 Å². The van der Waals surface area contributed by atoms with E-state index in [0.717, 1.165) is 24.2 Å². The van der Waals surface area contributed by atoms with Gasteiger partial charge in [-0.15, -0.1) is 0 Å². The van der Waals surface area contributed by atoms with Crippen LogP contribution in [0.5, 0.6) is 0 Å². The summed E-state index contributed by atoms with van der Waals surface area (Å²) in [6.07, 6.45) is 0.862. The molecule has 1 unspecified atom stereocenters. The lowest BCUT2D eigenvalue weighted by molar-refractivity contribution is 0.0386. The maximum Gasteiger partial charge on any atom is 0.407 e. The molecule has 0 aromatic heterocycles. The normalized spacial score (nSPS) is 20.4. The van der Waals surface area contributed by atoms with Gasteiger partial charge in [0.25, 0.3) is 0 Å². The molecule has 0 spiro atoms. The predicted octanol–water partition coefficient (Wildman–Crippen LogP) is 4.55. The summed E-state index contributed by atoms with van der Waals surface area (Å²) in [6.45, 7) is 9.11. The van der Waals surface area contributed by atoms with Crippen molar-refractivity contribution in [2.24, 2.45) is 0 Å². The molecule has 2 aromatic carbocycles. The number of amides is 1. The van der Waals surface area contributed by atoms with E-state index in [9.17, 15) is 9.59 Å². The van der Waals surface area contributed by atoms with Gasteiger partial charge in [-0.1, -0.05) is 30.3 Å². The number of esters is 1. The molecule has 0 aliphatic carbocycles. The molecule has 2 heterocycles. The largest absolute Gasteiger partial charge is 0.454 e. The average molecular weight is 423 g/mol. The fraction of sp³-hybridized carbons (Fsp3) is 0.440. The van der Waals surface area contributed by atoms with Crippen LogP contribution < -0.4 is 10.2 Å². The molecule has 0 radical (unpaired) electrons. The van der Waals surface area contributed by atoms with E-state index >= 15 is 0 Å². The van der Waals surface area contributed by atoms with E-state index in [-0.39, 0.29) is 18.1 Å². The number of anilines is 1. The smallest absolute Gasteiger partial charge is 0.407 e. The highest BCUT2D eigenvalue weighted by atomic mass is 16.6. The zero-order valence-electron chi connectivity index (χ0n) is 18.6. The predicted molar refractivity (Wildman–Crippen MR) is 119 cm³/mol. The molecule has 2 aliphatic heterocycles. The molecular weight excluding hydrogens is 392 g/mol. The number of alkyl carbamates (subject to hydrolysis) is 1. The molecule has 6 nitrogen and oxygen atoms in total. The van der Waals surface area contributed by atoms with Crippen LogP contribution in [0.15, 0.2) is 42.5 Å². The highest BCUT2D eigenvalue weighted by Gasteiger charge is 2.33. The molecule has 0 bridgehead atoms. The van der Waals surface area contributed by atoms with Crippen molar-refractivity contribution in [3.8, 4) is 0 Å². The van der Waals surface area contributed by atoms with Crippen molar-refractivity contribution < 1.29 is 19.1 Å². The maximum absolute atomic E-state index is 12.5. The summed E-state index contributed by atoms with van der Waals surface area (Å²) < 4.78 is 11.1. The molecular formula is C25H30N2O4. The monoisotopic (exact) mass is 422 g/mol. The number of hydrogen-bond donors (Lipinski definition) is 1. The number of hydrogen-bond acceptors (Lipinski definition) is 5. The summed E-state index contributed by atoms with van der Waals surface area (Å²) in [5.41, 5.74) is 4.43. The van der Waals surface area contributed by atoms with Crippen molar-refractivity contribution in [1.29, 1.82) is 0 Å². The standard InChI is InChI=1S/C25H30N2O4/c1-16-7-5-6-8-17(16)13-22-20-10-9-19(14-21(20)23(28)30-22)27-12-11-18(15-27)26-24(29)31-25(2,3)4/h5-10,14,18,22H,11-13,15H2,1-4H3,(H,26,29)/t18-,22?/m1/s1. The second-order valence-electron chi connectivity index (χ2n) is 9.37. The Balaban J connectivity index is 1.43. The average Bonchev–Trinajstić information content (AvgIpc) is 3.27. The Hall–Kier alpha value is -3.02. The molecule has 1 amide bonds. The quantitative estimate of drug-likeness (QED) is 0.732. The fourth-order valence-corrected chi connectivity index (χ4v) is 4.23. The van der Waals surface area contributed by atoms with Crippen LogP contribution in [0.25, 0.3) is 0 Å². The Morgan fingerprint density at radius 2 is 2.00 bits per heavy atom. The first kappa shape index (κ1) is 21.2. The summed E-state index contributed by atoms with van der Waals surface area (Å²) in [7, 11) is 0. The Morgan fingerprint density at radius 3 is 2.74 bits per heavy atom. The molecule has 4 rings (SSSR count). The highest BCUT2D eigenvalue weighted by Crippen LogP contribution is 2.36. The van der Waals surface area contributed by atoms with Crippen molar-refractivity contribution in [3.63, 3.8) is 0 Å². The van der Waals surface area contributed by atoms with Gasteiger partial charge in [0.15, 0.2) is 0 Å². The van der Waals surface area contributed by atoms with Crippen LogP contribution in [0, 0.1) is 6.92 Å². The van der Waals surface area contributed by atoms with Crippen molar-refractivity contribution in [1.82, 2.24) is 5.32 Å². The van der Waals surface area contributed by atoms with E-state index in [2.05, 4.69) is 29.3 Å². The van der Waals surface area contributed by atoms with Crippen molar-refractivity contribution in [3.05, 3.63) is 64.7 Å². The molecule has 1 N–H and O–H groups in total. The van der Waals surface area contributed by atoms with Gasteiger partial charge >= 0.3 is 12.1 Å². The van der Waals surface area contributed by atoms with Crippen molar-refractivity contribution in [2.45, 2.75) is 58.3 Å². The van der Waals surface area contributed by atoms with E-state index < -0.39 is 11.7 Å². The van der Waals surface area contributed by atoms with Crippen LogP contribution in [0.1, 0.15) is 60.3 Å².